The molecule has 0 aliphatic carbocycles. The number of amidine groups is 1. The van der Waals surface area contributed by atoms with Gasteiger partial charge >= 0.3 is 0 Å². The van der Waals surface area contributed by atoms with Gasteiger partial charge in [0.1, 0.15) is 0 Å². The van der Waals surface area contributed by atoms with Crippen molar-refractivity contribution in [3.63, 3.8) is 0 Å². The van der Waals surface area contributed by atoms with Gasteiger partial charge in [0, 0.05) is 36.0 Å². The zero-order valence-electron chi connectivity index (χ0n) is 14.0. The summed E-state index contributed by atoms with van der Waals surface area (Å²) in [6, 6.07) is 18.6. The van der Waals surface area contributed by atoms with Gasteiger partial charge in [-0.3, -0.25) is 0 Å². The summed E-state index contributed by atoms with van der Waals surface area (Å²) in [6.07, 6.45) is 1.74. The van der Waals surface area contributed by atoms with Crippen molar-refractivity contribution in [1.82, 2.24) is 0 Å². The van der Waals surface area contributed by atoms with E-state index < -0.39 is 0 Å². The summed E-state index contributed by atoms with van der Waals surface area (Å²) in [5.41, 5.74) is 9.43. The smallest absolute Gasteiger partial charge is 0.180 e. The van der Waals surface area contributed by atoms with Gasteiger partial charge in [-0.15, -0.1) is 5.10 Å². The predicted octanol–water partition coefficient (Wildman–Crippen LogP) is 3.82. The first kappa shape index (κ1) is 17.9. The van der Waals surface area contributed by atoms with Gasteiger partial charge in [-0.1, -0.05) is 54.2 Å². The molecule has 2 aromatic rings. The largest absolute Gasteiger partial charge is 0.377 e. The third-order valence-corrected chi connectivity index (χ3v) is 5.66. The molecule has 1 fully saturated rings. The Kier molecular flexibility index (Phi) is 6.82. The van der Waals surface area contributed by atoms with Crippen LogP contribution in [0.3, 0.4) is 0 Å². The van der Waals surface area contributed by atoms with Crippen molar-refractivity contribution in [1.29, 1.82) is 0 Å². The van der Waals surface area contributed by atoms with E-state index in [1.165, 1.54) is 34.5 Å². The predicted molar refractivity (Wildman–Crippen MR) is 113 cm³/mol. The maximum Gasteiger partial charge on any atom is 0.180 e. The number of benzene rings is 2. The third kappa shape index (κ3) is 5.83. The quantitative estimate of drug-likeness (QED) is 0.494. The maximum atomic E-state index is 5.90. The van der Waals surface area contributed by atoms with Crippen LogP contribution in [0.4, 0.5) is 5.69 Å². The SMILES string of the molecule is NC(=NN=Cc1ccc(N2CCSCC2)cc1)SCc1ccccc1. The molecule has 0 saturated carbocycles. The molecule has 25 heavy (non-hydrogen) atoms. The van der Waals surface area contributed by atoms with Crippen LogP contribution in [0.25, 0.3) is 0 Å². The molecular formula is C19H22N4S2. The van der Waals surface area contributed by atoms with Gasteiger partial charge in [-0.2, -0.15) is 16.9 Å². The van der Waals surface area contributed by atoms with Crippen molar-refractivity contribution in [3.8, 4) is 0 Å². The van der Waals surface area contributed by atoms with Crippen LogP contribution >= 0.6 is 23.5 Å². The molecule has 2 N–H and O–H groups in total. The summed E-state index contributed by atoms with van der Waals surface area (Å²) < 4.78 is 0. The van der Waals surface area contributed by atoms with E-state index in [4.69, 9.17) is 5.73 Å². The van der Waals surface area contributed by atoms with Gasteiger partial charge < -0.3 is 10.6 Å². The first-order chi connectivity index (χ1) is 12.3. The van der Waals surface area contributed by atoms with Crippen molar-refractivity contribution in [2.24, 2.45) is 15.9 Å². The normalized spacial score (nSPS) is 15.7. The molecule has 1 saturated heterocycles. The number of anilines is 1. The molecule has 0 spiro atoms. The van der Waals surface area contributed by atoms with E-state index in [1.54, 1.807) is 6.21 Å². The average molecular weight is 371 g/mol. The summed E-state index contributed by atoms with van der Waals surface area (Å²) in [4.78, 5) is 2.42. The molecule has 1 aliphatic heterocycles. The molecule has 6 heteroatoms. The minimum atomic E-state index is 0.475. The van der Waals surface area contributed by atoms with Crippen molar-refractivity contribution < 1.29 is 0 Å². The summed E-state index contributed by atoms with van der Waals surface area (Å²) in [6.45, 7) is 2.25. The maximum absolute atomic E-state index is 5.90. The van der Waals surface area contributed by atoms with Gasteiger partial charge in [0.2, 0.25) is 0 Å². The Bertz CT molecular complexity index is 708. The summed E-state index contributed by atoms with van der Waals surface area (Å²) in [7, 11) is 0. The van der Waals surface area contributed by atoms with Crippen LogP contribution in [0.5, 0.6) is 0 Å². The molecule has 1 aliphatic rings. The van der Waals surface area contributed by atoms with Crippen LogP contribution in [0.1, 0.15) is 11.1 Å². The lowest BCUT2D eigenvalue weighted by Crippen LogP contribution is -2.32. The minimum absolute atomic E-state index is 0.475. The number of hydrogen-bond donors (Lipinski definition) is 1. The number of nitrogens with zero attached hydrogens (tertiary/aromatic N) is 3. The van der Waals surface area contributed by atoms with Crippen LogP contribution < -0.4 is 10.6 Å². The third-order valence-electron chi connectivity index (χ3n) is 3.86. The van der Waals surface area contributed by atoms with Gasteiger partial charge in [0.05, 0.1) is 6.21 Å². The Hall–Kier alpha value is -1.92. The average Bonchev–Trinajstić information content (AvgIpc) is 2.68. The molecule has 0 aromatic heterocycles. The van der Waals surface area contributed by atoms with Gasteiger partial charge in [-0.05, 0) is 23.3 Å². The van der Waals surface area contributed by atoms with Gasteiger partial charge in [0.15, 0.2) is 5.17 Å². The zero-order chi connectivity index (χ0) is 17.3. The highest BCUT2D eigenvalue weighted by Gasteiger charge is 2.10. The summed E-state index contributed by atoms with van der Waals surface area (Å²) in [5.74, 6) is 3.21. The Morgan fingerprint density at radius 3 is 2.52 bits per heavy atom. The molecule has 0 unspecified atom stereocenters. The first-order valence-electron chi connectivity index (χ1n) is 8.27. The van der Waals surface area contributed by atoms with E-state index >= 15 is 0 Å². The first-order valence-corrected chi connectivity index (χ1v) is 10.4. The second kappa shape index (κ2) is 9.53. The minimum Gasteiger partial charge on any atom is -0.377 e. The van der Waals surface area contributed by atoms with E-state index in [9.17, 15) is 0 Å². The van der Waals surface area contributed by atoms with Crippen LogP contribution in [0, 0.1) is 0 Å². The molecule has 2 aromatic carbocycles. The Morgan fingerprint density at radius 2 is 1.80 bits per heavy atom. The molecule has 4 nitrogen and oxygen atoms in total. The van der Waals surface area contributed by atoms with Crippen LogP contribution in [-0.2, 0) is 5.75 Å². The molecule has 3 rings (SSSR count). The second-order valence-corrected chi connectivity index (χ2v) is 7.87. The molecule has 0 bridgehead atoms. The molecule has 1 heterocycles. The van der Waals surface area contributed by atoms with E-state index in [0.717, 1.165) is 24.4 Å². The van der Waals surface area contributed by atoms with Crippen molar-refractivity contribution in [3.05, 3.63) is 65.7 Å². The lowest BCUT2D eigenvalue weighted by atomic mass is 10.2. The van der Waals surface area contributed by atoms with E-state index in [1.807, 2.05) is 30.0 Å². The van der Waals surface area contributed by atoms with Gasteiger partial charge in [-0.25, -0.2) is 0 Å². The van der Waals surface area contributed by atoms with Crippen molar-refractivity contribution in [2.45, 2.75) is 5.75 Å². The fourth-order valence-corrected chi connectivity index (χ4v) is 4.02. The fraction of sp³-hybridized carbons (Fsp3) is 0.263. The topological polar surface area (TPSA) is 54.0 Å². The molecular weight excluding hydrogens is 348 g/mol. The Morgan fingerprint density at radius 1 is 1.08 bits per heavy atom. The second-order valence-electron chi connectivity index (χ2n) is 5.65. The lowest BCUT2D eigenvalue weighted by Gasteiger charge is -2.28. The monoisotopic (exact) mass is 370 g/mol. The lowest BCUT2D eigenvalue weighted by molar-refractivity contribution is 0.859. The van der Waals surface area contributed by atoms with E-state index in [0.29, 0.717) is 5.17 Å². The highest BCUT2D eigenvalue weighted by Crippen LogP contribution is 2.19. The van der Waals surface area contributed by atoms with Crippen molar-refractivity contribution in [2.75, 3.05) is 29.5 Å². The van der Waals surface area contributed by atoms with Crippen LogP contribution in [0.15, 0.2) is 64.8 Å². The highest BCUT2D eigenvalue weighted by atomic mass is 32.2. The summed E-state index contributed by atoms with van der Waals surface area (Å²) >= 11 is 3.51. The van der Waals surface area contributed by atoms with Gasteiger partial charge in [0.25, 0.3) is 0 Å². The molecule has 0 radical (unpaired) electrons. The zero-order valence-corrected chi connectivity index (χ0v) is 15.7. The van der Waals surface area contributed by atoms with E-state index in [-0.39, 0.29) is 0 Å². The number of thioether (sulfide) groups is 2. The highest BCUT2D eigenvalue weighted by molar-refractivity contribution is 8.13. The Labute approximate surface area is 157 Å². The Balaban J connectivity index is 1.50. The number of rotatable bonds is 5. The number of nitrogens with two attached hydrogens (primary N) is 1. The molecule has 0 amide bonds. The van der Waals surface area contributed by atoms with Crippen LogP contribution in [0.2, 0.25) is 0 Å². The van der Waals surface area contributed by atoms with Crippen LogP contribution in [-0.4, -0.2) is 36.0 Å². The van der Waals surface area contributed by atoms with E-state index in [2.05, 4.69) is 51.5 Å². The fourth-order valence-electron chi connectivity index (χ4n) is 2.51. The molecule has 130 valence electrons. The van der Waals surface area contributed by atoms with Crippen molar-refractivity contribution >= 4 is 40.6 Å². The standard InChI is InChI=1S/C19H22N4S2/c20-19(25-15-17-4-2-1-3-5-17)22-21-14-16-6-8-18(9-7-16)23-10-12-24-13-11-23/h1-9,14H,10-13,15H2,(H2,20,22). The molecule has 0 atom stereocenters. The summed E-state index contributed by atoms with van der Waals surface area (Å²) in [5, 5.41) is 8.63. The number of hydrogen-bond acceptors (Lipinski definition) is 5.